The summed E-state index contributed by atoms with van der Waals surface area (Å²) in [5.74, 6) is -0.216. The Morgan fingerprint density at radius 2 is 0.971 bits per heavy atom. The van der Waals surface area contributed by atoms with Gasteiger partial charge in [0.2, 0.25) is 5.91 Å². The van der Waals surface area contributed by atoms with E-state index in [1.807, 2.05) is 0 Å². The number of carbonyl (C=O) groups excluding carboxylic acids is 1. The number of aliphatic hydroxyl groups is 8. The second-order valence-electron chi connectivity index (χ2n) is 19.4. The van der Waals surface area contributed by atoms with Gasteiger partial charge in [-0.05, 0) is 51.4 Å². The molecule has 2 aliphatic rings. The number of aliphatic hydroxyl groups excluding tert-OH is 8. The Morgan fingerprint density at radius 3 is 1.49 bits per heavy atom. The third-order valence-corrected chi connectivity index (χ3v) is 13.4. The lowest BCUT2D eigenvalue weighted by atomic mass is 9.97. The van der Waals surface area contributed by atoms with E-state index in [1.165, 1.54) is 109 Å². The van der Waals surface area contributed by atoms with Crippen molar-refractivity contribution in [2.45, 2.75) is 280 Å². The number of nitrogens with one attached hydrogen (secondary N) is 1. The van der Waals surface area contributed by atoms with Gasteiger partial charge in [0.1, 0.15) is 48.8 Å². The fraction of sp³-hybridized carbons (Fsp3) is 0.870. The van der Waals surface area contributed by atoms with Gasteiger partial charge in [0, 0.05) is 6.42 Å². The Bertz CT molecular complexity index is 1280. The van der Waals surface area contributed by atoms with E-state index < -0.39 is 86.8 Å². The largest absolute Gasteiger partial charge is 0.394 e. The zero-order valence-corrected chi connectivity index (χ0v) is 42.3. The number of amides is 1. The van der Waals surface area contributed by atoms with Crippen LogP contribution in [-0.4, -0.2) is 140 Å². The third-order valence-electron chi connectivity index (χ3n) is 13.4. The molecule has 0 saturated carbocycles. The zero-order chi connectivity index (χ0) is 49.6. The van der Waals surface area contributed by atoms with Gasteiger partial charge in [-0.2, -0.15) is 0 Å². The van der Waals surface area contributed by atoms with E-state index in [-0.39, 0.29) is 12.5 Å². The number of ether oxygens (including phenoxy) is 4. The summed E-state index contributed by atoms with van der Waals surface area (Å²) in [5.41, 5.74) is 0. The van der Waals surface area contributed by atoms with Crippen LogP contribution < -0.4 is 5.32 Å². The molecule has 0 aromatic carbocycles. The molecule has 1 amide bonds. The lowest BCUT2D eigenvalue weighted by molar-refractivity contribution is -0.359. The molecule has 12 atom stereocenters. The van der Waals surface area contributed by atoms with E-state index >= 15 is 0 Å². The maximum atomic E-state index is 13.2. The van der Waals surface area contributed by atoms with Crippen LogP contribution in [0.5, 0.6) is 0 Å². The Hall–Kier alpha value is -1.79. The minimum atomic E-state index is -1.78. The summed E-state index contributed by atoms with van der Waals surface area (Å²) < 4.78 is 22.7. The summed E-state index contributed by atoms with van der Waals surface area (Å²) in [7, 11) is 0. The first-order valence-corrected chi connectivity index (χ1v) is 27.2. The van der Waals surface area contributed by atoms with Gasteiger partial charge in [0.25, 0.3) is 0 Å². The first kappa shape index (κ1) is 62.3. The molecular formula is C54H99NO13. The number of unbranched alkanes of at least 4 members (excludes halogenated alkanes) is 23. The average molecular weight is 970 g/mol. The molecule has 14 heteroatoms. The van der Waals surface area contributed by atoms with Crippen molar-refractivity contribution in [1.29, 1.82) is 0 Å². The van der Waals surface area contributed by atoms with Gasteiger partial charge in [-0.3, -0.25) is 4.79 Å². The van der Waals surface area contributed by atoms with E-state index in [2.05, 4.69) is 55.6 Å². The highest BCUT2D eigenvalue weighted by Gasteiger charge is 2.51. The Morgan fingerprint density at radius 1 is 0.529 bits per heavy atom. The predicted octanol–water partition coefficient (Wildman–Crippen LogP) is 7.88. The topological polar surface area (TPSA) is 228 Å². The molecular weight excluding hydrogens is 871 g/mol. The monoisotopic (exact) mass is 970 g/mol. The van der Waals surface area contributed by atoms with Gasteiger partial charge in [0.15, 0.2) is 12.6 Å². The summed E-state index contributed by atoms with van der Waals surface area (Å²) in [5, 5.41) is 86.9. The second-order valence-corrected chi connectivity index (χ2v) is 19.4. The zero-order valence-electron chi connectivity index (χ0n) is 42.3. The van der Waals surface area contributed by atoms with Gasteiger partial charge >= 0.3 is 0 Å². The Kier molecular flexibility index (Phi) is 37.4. The van der Waals surface area contributed by atoms with Gasteiger partial charge < -0.3 is 65.1 Å². The molecule has 398 valence electrons. The van der Waals surface area contributed by atoms with Crippen molar-refractivity contribution in [3.8, 4) is 0 Å². The summed E-state index contributed by atoms with van der Waals surface area (Å²) in [6.45, 7) is 2.82. The number of hydrogen-bond acceptors (Lipinski definition) is 13. The van der Waals surface area contributed by atoms with Crippen molar-refractivity contribution in [2.75, 3.05) is 19.8 Å². The fourth-order valence-electron chi connectivity index (χ4n) is 8.89. The highest BCUT2D eigenvalue weighted by atomic mass is 16.7. The Balaban J connectivity index is 1.76. The van der Waals surface area contributed by atoms with Gasteiger partial charge in [-0.25, -0.2) is 0 Å². The van der Waals surface area contributed by atoms with Crippen LogP contribution in [0.15, 0.2) is 36.5 Å². The summed E-state index contributed by atoms with van der Waals surface area (Å²) in [6, 6.07) is -0.831. The molecule has 2 fully saturated rings. The van der Waals surface area contributed by atoms with Crippen molar-refractivity contribution in [3.63, 3.8) is 0 Å². The summed E-state index contributed by atoms with van der Waals surface area (Å²) in [6.07, 6.45) is 30.0. The van der Waals surface area contributed by atoms with Gasteiger partial charge in [0.05, 0.1) is 32.0 Å². The van der Waals surface area contributed by atoms with Crippen LogP contribution in [0.4, 0.5) is 0 Å². The van der Waals surface area contributed by atoms with E-state index in [0.717, 1.165) is 64.2 Å². The van der Waals surface area contributed by atoms with E-state index in [1.54, 1.807) is 0 Å². The highest BCUT2D eigenvalue weighted by Crippen LogP contribution is 2.30. The molecule has 9 N–H and O–H groups in total. The van der Waals surface area contributed by atoms with Gasteiger partial charge in [-0.15, -0.1) is 0 Å². The smallest absolute Gasteiger partial charge is 0.220 e. The van der Waals surface area contributed by atoms with Crippen LogP contribution in [0.1, 0.15) is 206 Å². The first-order chi connectivity index (χ1) is 33.1. The molecule has 0 aliphatic carbocycles. The highest BCUT2D eigenvalue weighted by molar-refractivity contribution is 5.76. The Labute approximate surface area is 411 Å². The molecule has 2 rings (SSSR count). The van der Waals surface area contributed by atoms with E-state index in [9.17, 15) is 45.6 Å². The number of rotatable bonds is 42. The SMILES string of the molecule is CCCCCCC/C=C\C/C=C\C/C=C\CCCCCCCCCCC(=O)NC(COC1OC(CO)C(OC2OC(CO)C(O)C(O)C2O)C(O)C1O)C(O)CCCCCCCCCCCCC. The second kappa shape index (κ2) is 40.8. The maximum Gasteiger partial charge on any atom is 0.220 e. The predicted molar refractivity (Wildman–Crippen MR) is 268 cm³/mol. The quantitative estimate of drug-likeness (QED) is 0.0210. The summed E-state index contributed by atoms with van der Waals surface area (Å²) in [4.78, 5) is 13.2. The lowest BCUT2D eigenvalue weighted by Gasteiger charge is -2.46. The summed E-state index contributed by atoms with van der Waals surface area (Å²) >= 11 is 0. The normalized spacial score (nSPS) is 26.6. The fourth-order valence-corrected chi connectivity index (χ4v) is 8.89. The first-order valence-electron chi connectivity index (χ1n) is 27.2. The van der Waals surface area contributed by atoms with Crippen LogP contribution in [0.25, 0.3) is 0 Å². The molecule has 0 bridgehead atoms. The van der Waals surface area contributed by atoms with E-state index in [0.29, 0.717) is 19.3 Å². The van der Waals surface area contributed by atoms with Crippen molar-refractivity contribution in [1.82, 2.24) is 5.32 Å². The lowest BCUT2D eigenvalue weighted by Crippen LogP contribution is -2.65. The third kappa shape index (κ3) is 27.1. The standard InChI is InChI=1S/C54H99NO13/c1-3-5-7-9-11-13-15-16-17-18-19-20-21-22-23-24-25-26-28-30-32-34-36-38-46(59)55-42(43(58)37-35-33-31-29-27-14-12-10-8-6-4-2)41-65-53-51(64)49(62)52(45(40-57)67-53)68-54-50(63)48(61)47(60)44(39-56)66-54/h15-16,18-19,21-22,42-45,47-54,56-58,60-64H,3-14,17,20,23-41H2,1-2H3,(H,55,59)/b16-15-,19-18-,22-21-. The van der Waals surface area contributed by atoms with Crippen LogP contribution in [0.2, 0.25) is 0 Å². The number of hydrogen-bond donors (Lipinski definition) is 9. The molecule has 0 aromatic rings. The maximum absolute atomic E-state index is 13.2. The molecule has 0 aromatic heterocycles. The van der Waals surface area contributed by atoms with Crippen molar-refractivity contribution in [3.05, 3.63) is 36.5 Å². The van der Waals surface area contributed by atoms with Crippen LogP contribution in [-0.2, 0) is 23.7 Å². The van der Waals surface area contributed by atoms with Crippen molar-refractivity contribution >= 4 is 5.91 Å². The minimum absolute atomic E-state index is 0.216. The van der Waals surface area contributed by atoms with Crippen LogP contribution >= 0.6 is 0 Å². The molecule has 0 spiro atoms. The molecule has 68 heavy (non-hydrogen) atoms. The molecule has 2 heterocycles. The molecule has 2 aliphatic heterocycles. The molecule has 14 nitrogen and oxygen atoms in total. The van der Waals surface area contributed by atoms with Gasteiger partial charge in [-0.1, -0.05) is 185 Å². The molecule has 12 unspecified atom stereocenters. The van der Waals surface area contributed by atoms with Crippen LogP contribution in [0.3, 0.4) is 0 Å². The van der Waals surface area contributed by atoms with Crippen LogP contribution in [0, 0.1) is 0 Å². The van der Waals surface area contributed by atoms with Crippen molar-refractivity contribution < 1.29 is 64.6 Å². The average Bonchev–Trinajstić information content (AvgIpc) is 3.34. The molecule has 2 saturated heterocycles. The molecule has 0 radical (unpaired) electrons. The number of allylic oxidation sites excluding steroid dienone is 6. The minimum Gasteiger partial charge on any atom is -0.394 e. The van der Waals surface area contributed by atoms with E-state index in [4.69, 9.17) is 18.9 Å². The number of carbonyl (C=O) groups is 1. The van der Waals surface area contributed by atoms with Crippen molar-refractivity contribution in [2.24, 2.45) is 0 Å².